The van der Waals surface area contributed by atoms with Crippen molar-refractivity contribution >= 4 is 11.6 Å². The maximum Gasteiger partial charge on any atom is 0.289 e. The molecule has 1 aliphatic heterocycles. The minimum Gasteiger partial charge on any atom is -0.459 e. The van der Waals surface area contributed by atoms with E-state index in [1.54, 1.807) is 11.0 Å². The van der Waals surface area contributed by atoms with Crippen molar-refractivity contribution in [3.63, 3.8) is 0 Å². The zero-order valence-electron chi connectivity index (χ0n) is 10.7. The van der Waals surface area contributed by atoms with Crippen LogP contribution in [0.2, 0.25) is 0 Å². The summed E-state index contributed by atoms with van der Waals surface area (Å²) >= 11 is 0. The van der Waals surface area contributed by atoms with Gasteiger partial charge in [0.25, 0.3) is 5.91 Å². The van der Waals surface area contributed by atoms with Gasteiger partial charge in [0.05, 0.1) is 12.0 Å². The Bertz CT molecular complexity index is 465. The third-order valence-electron chi connectivity index (χ3n) is 3.51. The summed E-state index contributed by atoms with van der Waals surface area (Å²) in [5, 5.41) is 12.2. The van der Waals surface area contributed by atoms with Crippen LogP contribution >= 0.6 is 0 Å². The summed E-state index contributed by atoms with van der Waals surface area (Å²) in [6.07, 6.45) is 3.02. The maximum atomic E-state index is 12.3. The predicted octanol–water partition coefficient (Wildman–Crippen LogP) is 2.29. The van der Waals surface area contributed by atoms with Crippen molar-refractivity contribution in [2.45, 2.75) is 26.7 Å². The number of furan rings is 1. The largest absolute Gasteiger partial charge is 0.459 e. The van der Waals surface area contributed by atoms with E-state index in [9.17, 15) is 4.79 Å². The molecule has 1 saturated heterocycles. The van der Waals surface area contributed by atoms with E-state index >= 15 is 0 Å². The van der Waals surface area contributed by atoms with Crippen LogP contribution in [0.5, 0.6) is 0 Å². The first-order valence-electron chi connectivity index (χ1n) is 6.21. The molecule has 2 rings (SSSR count). The standard InChI is InChI=1S/C13H18N2O3/c1-3-10-8-15(6-4-11(10)14-17)13(16)12-9(2)5-7-18-12/h5,7,10,17H,3-4,6,8H2,1-2H3/b14-11+. The number of carbonyl (C=O) groups is 1. The summed E-state index contributed by atoms with van der Waals surface area (Å²) in [6, 6.07) is 1.79. The van der Waals surface area contributed by atoms with Crippen LogP contribution in [0.25, 0.3) is 0 Å². The Morgan fingerprint density at radius 1 is 1.67 bits per heavy atom. The molecule has 18 heavy (non-hydrogen) atoms. The van der Waals surface area contributed by atoms with Crippen LogP contribution in [0.15, 0.2) is 21.9 Å². The molecule has 0 aliphatic carbocycles. The van der Waals surface area contributed by atoms with E-state index in [0.717, 1.165) is 17.7 Å². The van der Waals surface area contributed by atoms with E-state index in [1.165, 1.54) is 6.26 Å². The molecule has 5 heteroatoms. The molecule has 1 N–H and O–H groups in total. The Morgan fingerprint density at radius 2 is 2.44 bits per heavy atom. The number of piperidine rings is 1. The average Bonchev–Trinajstić information content (AvgIpc) is 2.83. The SMILES string of the molecule is CCC1CN(C(=O)c2occc2C)CC/C1=N\O. The molecule has 98 valence electrons. The number of likely N-dealkylation sites (tertiary alicyclic amines) is 1. The first-order chi connectivity index (χ1) is 8.67. The molecule has 1 aromatic heterocycles. The fraction of sp³-hybridized carbons (Fsp3) is 0.538. The number of hydrogen-bond acceptors (Lipinski definition) is 4. The Hall–Kier alpha value is -1.78. The number of hydrogen-bond donors (Lipinski definition) is 1. The predicted molar refractivity (Wildman–Crippen MR) is 67.0 cm³/mol. The lowest BCUT2D eigenvalue weighted by molar-refractivity contribution is 0.0696. The normalized spacial score (nSPS) is 22.4. The fourth-order valence-corrected chi connectivity index (χ4v) is 2.33. The third-order valence-corrected chi connectivity index (χ3v) is 3.51. The summed E-state index contributed by atoms with van der Waals surface area (Å²) in [5.74, 6) is 0.477. The van der Waals surface area contributed by atoms with E-state index in [0.29, 0.717) is 25.3 Å². The fourth-order valence-electron chi connectivity index (χ4n) is 2.33. The van der Waals surface area contributed by atoms with E-state index in [1.807, 2.05) is 13.8 Å². The second-order valence-electron chi connectivity index (χ2n) is 4.63. The minimum absolute atomic E-state index is 0.0760. The van der Waals surface area contributed by atoms with Crippen molar-refractivity contribution in [2.24, 2.45) is 11.1 Å². The lowest BCUT2D eigenvalue weighted by Gasteiger charge is -2.32. The number of carbonyl (C=O) groups excluding carboxylic acids is 1. The number of oxime groups is 1. The van der Waals surface area contributed by atoms with Crippen molar-refractivity contribution in [1.82, 2.24) is 4.90 Å². The van der Waals surface area contributed by atoms with Gasteiger partial charge in [-0.05, 0) is 19.4 Å². The van der Waals surface area contributed by atoms with Gasteiger partial charge in [0.15, 0.2) is 5.76 Å². The Kier molecular flexibility index (Phi) is 3.69. The first kappa shape index (κ1) is 12.7. The summed E-state index contributed by atoms with van der Waals surface area (Å²) in [5.41, 5.74) is 1.65. The van der Waals surface area contributed by atoms with Crippen LogP contribution < -0.4 is 0 Å². The Morgan fingerprint density at radius 3 is 3.00 bits per heavy atom. The second-order valence-corrected chi connectivity index (χ2v) is 4.63. The third kappa shape index (κ3) is 2.25. The molecule has 0 aromatic carbocycles. The van der Waals surface area contributed by atoms with Gasteiger partial charge in [-0.2, -0.15) is 0 Å². The molecule has 1 amide bonds. The van der Waals surface area contributed by atoms with E-state index in [-0.39, 0.29) is 11.8 Å². The van der Waals surface area contributed by atoms with Crippen molar-refractivity contribution in [1.29, 1.82) is 0 Å². The van der Waals surface area contributed by atoms with Gasteiger partial charge in [-0.15, -0.1) is 0 Å². The van der Waals surface area contributed by atoms with Crippen molar-refractivity contribution in [3.05, 3.63) is 23.7 Å². The number of rotatable bonds is 2. The highest BCUT2D eigenvalue weighted by atomic mass is 16.4. The zero-order valence-corrected chi connectivity index (χ0v) is 10.7. The van der Waals surface area contributed by atoms with Crippen LogP contribution in [0.4, 0.5) is 0 Å². The van der Waals surface area contributed by atoms with Gasteiger partial charge < -0.3 is 14.5 Å². The molecule has 0 bridgehead atoms. The van der Waals surface area contributed by atoms with Gasteiger partial charge in [-0.25, -0.2) is 0 Å². The first-order valence-corrected chi connectivity index (χ1v) is 6.21. The number of nitrogens with zero attached hydrogens (tertiary/aromatic N) is 2. The highest BCUT2D eigenvalue weighted by Gasteiger charge is 2.29. The van der Waals surface area contributed by atoms with Gasteiger partial charge in [0.2, 0.25) is 0 Å². The molecule has 5 nitrogen and oxygen atoms in total. The highest BCUT2D eigenvalue weighted by molar-refractivity contribution is 5.95. The van der Waals surface area contributed by atoms with Gasteiger partial charge in [-0.3, -0.25) is 4.79 Å². The molecule has 1 unspecified atom stereocenters. The molecule has 1 fully saturated rings. The van der Waals surface area contributed by atoms with Crippen LogP contribution in [0.3, 0.4) is 0 Å². The van der Waals surface area contributed by atoms with Crippen molar-refractivity contribution < 1.29 is 14.4 Å². The summed E-state index contributed by atoms with van der Waals surface area (Å²) < 4.78 is 5.23. The number of aryl methyl sites for hydroxylation is 1. The smallest absolute Gasteiger partial charge is 0.289 e. The zero-order chi connectivity index (χ0) is 13.1. The molecule has 0 saturated carbocycles. The Balaban J connectivity index is 2.12. The van der Waals surface area contributed by atoms with E-state index in [4.69, 9.17) is 9.62 Å². The highest BCUT2D eigenvalue weighted by Crippen LogP contribution is 2.20. The van der Waals surface area contributed by atoms with Gasteiger partial charge >= 0.3 is 0 Å². The van der Waals surface area contributed by atoms with Crippen molar-refractivity contribution in [2.75, 3.05) is 13.1 Å². The molecular formula is C13H18N2O3. The molecular weight excluding hydrogens is 232 g/mol. The molecule has 1 atom stereocenters. The maximum absolute atomic E-state index is 12.3. The quantitative estimate of drug-likeness (QED) is 0.647. The Labute approximate surface area is 106 Å². The van der Waals surface area contributed by atoms with Crippen LogP contribution in [0.1, 0.15) is 35.9 Å². The van der Waals surface area contributed by atoms with Crippen LogP contribution in [0, 0.1) is 12.8 Å². The lowest BCUT2D eigenvalue weighted by atomic mass is 9.93. The molecule has 0 spiro atoms. The summed E-state index contributed by atoms with van der Waals surface area (Å²) in [7, 11) is 0. The van der Waals surface area contributed by atoms with Gasteiger partial charge in [0.1, 0.15) is 0 Å². The van der Waals surface area contributed by atoms with Crippen LogP contribution in [-0.4, -0.2) is 34.8 Å². The minimum atomic E-state index is -0.0760. The lowest BCUT2D eigenvalue weighted by Crippen LogP contribution is -2.44. The van der Waals surface area contributed by atoms with Gasteiger partial charge in [0, 0.05) is 31.0 Å². The number of amides is 1. The molecule has 1 aromatic rings. The summed E-state index contributed by atoms with van der Waals surface area (Å²) in [6.45, 7) is 5.06. The molecule has 0 radical (unpaired) electrons. The van der Waals surface area contributed by atoms with E-state index < -0.39 is 0 Å². The summed E-state index contributed by atoms with van der Waals surface area (Å²) in [4.78, 5) is 14.0. The molecule has 2 heterocycles. The monoisotopic (exact) mass is 250 g/mol. The average molecular weight is 250 g/mol. The topological polar surface area (TPSA) is 66.0 Å². The molecule has 1 aliphatic rings. The van der Waals surface area contributed by atoms with E-state index in [2.05, 4.69) is 5.16 Å². The van der Waals surface area contributed by atoms with Crippen LogP contribution in [-0.2, 0) is 0 Å². The van der Waals surface area contributed by atoms with Gasteiger partial charge in [-0.1, -0.05) is 12.1 Å². The second kappa shape index (κ2) is 5.25. The van der Waals surface area contributed by atoms with Crippen molar-refractivity contribution in [3.8, 4) is 0 Å².